The van der Waals surface area contributed by atoms with Crippen molar-refractivity contribution in [2.75, 3.05) is 39.9 Å². The van der Waals surface area contributed by atoms with Crippen molar-refractivity contribution >= 4 is 5.91 Å². The van der Waals surface area contributed by atoms with Gasteiger partial charge in [-0.2, -0.15) is 0 Å². The normalized spacial score (nSPS) is 25.3. The van der Waals surface area contributed by atoms with Crippen LogP contribution in [0.4, 0.5) is 0 Å². The first-order chi connectivity index (χ1) is 10.7. The van der Waals surface area contributed by atoms with Gasteiger partial charge in [-0.3, -0.25) is 9.69 Å². The Morgan fingerprint density at radius 3 is 2.77 bits per heavy atom. The van der Waals surface area contributed by atoms with Gasteiger partial charge < -0.3 is 14.1 Å². The monoisotopic (exact) mass is 306 g/mol. The highest BCUT2D eigenvalue weighted by molar-refractivity contribution is 5.82. The van der Waals surface area contributed by atoms with E-state index < -0.39 is 0 Å². The molecule has 22 heavy (non-hydrogen) atoms. The minimum absolute atomic E-state index is 0.0357. The van der Waals surface area contributed by atoms with Gasteiger partial charge >= 0.3 is 0 Å². The Bertz CT molecular complexity index is 492. The van der Waals surface area contributed by atoms with Gasteiger partial charge in [0.05, 0.1) is 25.1 Å². The van der Waals surface area contributed by atoms with Crippen LogP contribution in [-0.4, -0.2) is 55.6 Å². The molecule has 2 aliphatic rings. The smallest absolute Gasteiger partial charge is 0.228 e. The van der Waals surface area contributed by atoms with E-state index in [0.717, 1.165) is 45.6 Å². The number of furan rings is 1. The zero-order valence-electron chi connectivity index (χ0n) is 13.6. The molecule has 0 aromatic carbocycles. The summed E-state index contributed by atoms with van der Waals surface area (Å²) in [6.07, 6.45) is 5.68. The lowest BCUT2D eigenvalue weighted by Crippen LogP contribution is -2.45. The second-order valence-electron chi connectivity index (χ2n) is 6.63. The molecule has 1 unspecified atom stereocenters. The van der Waals surface area contributed by atoms with Crippen LogP contribution in [0.1, 0.15) is 25.3 Å². The van der Waals surface area contributed by atoms with Crippen molar-refractivity contribution in [3.8, 4) is 0 Å². The molecular weight excluding hydrogens is 280 g/mol. The van der Waals surface area contributed by atoms with Crippen molar-refractivity contribution in [2.45, 2.75) is 26.3 Å². The van der Waals surface area contributed by atoms with E-state index in [-0.39, 0.29) is 17.2 Å². The van der Waals surface area contributed by atoms with Crippen LogP contribution in [0.3, 0.4) is 0 Å². The number of amides is 1. The molecule has 122 valence electrons. The summed E-state index contributed by atoms with van der Waals surface area (Å²) in [5.74, 6) is 0.321. The molecule has 1 aromatic rings. The number of hydrogen-bond donors (Lipinski definition) is 0. The second kappa shape index (κ2) is 6.42. The van der Waals surface area contributed by atoms with E-state index in [1.165, 1.54) is 5.56 Å². The molecule has 2 fully saturated rings. The Kier molecular flexibility index (Phi) is 4.54. The maximum absolute atomic E-state index is 12.6. The van der Waals surface area contributed by atoms with E-state index in [9.17, 15) is 4.79 Å². The summed E-state index contributed by atoms with van der Waals surface area (Å²) in [6.45, 7) is 7.33. The summed E-state index contributed by atoms with van der Waals surface area (Å²) in [7, 11) is 1.70. The van der Waals surface area contributed by atoms with Crippen molar-refractivity contribution in [2.24, 2.45) is 11.3 Å². The van der Waals surface area contributed by atoms with Crippen molar-refractivity contribution in [3.63, 3.8) is 0 Å². The summed E-state index contributed by atoms with van der Waals surface area (Å²) in [5, 5.41) is 0. The van der Waals surface area contributed by atoms with Crippen LogP contribution >= 0.6 is 0 Å². The number of nitrogens with zero attached hydrogens (tertiary/aromatic N) is 2. The highest BCUT2D eigenvalue weighted by Gasteiger charge is 2.52. The number of likely N-dealkylation sites (tertiary alicyclic amines) is 2. The Labute approximate surface area is 132 Å². The Hall–Kier alpha value is -1.33. The van der Waals surface area contributed by atoms with Crippen LogP contribution in [0.2, 0.25) is 0 Å². The van der Waals surface area contributed by atoms with Crippen molar-refractivity contribution in [3.05, 3.63) is 24.2 Å². The van der Waals surface area contributed by atoms with Crippen molar-refractivity contribution in [1.29, 1.82) is 0 Å². The predicted octanol–water partition coefficient (Wildman–Crippen LogP) is 1.99. The summed E-state index contributed by atoms with van der Waals surface area (Å²) in [4.78, 5) is 17.0. The third kappa shape index (κ3) is 2.79. The van der Waals surface area contributed by atoms with Crippen LogP contribution in [-0.2, 0) is 16.1 Å². The first-order valence-corrected chi connectivity index (χ1v) is 8.19. The Balaban J connectivity index is 1.65. The topological polar surface area (TPSA) is 45.9 Å². The number of carbonyl (C=O) groups excluding carboxylic acids is 1. The summed E-state index contributed by atoms with van der Waals surface area (Å²) < 4.78 is 10.5. The standard InChI is InChI=1S/C17H26N2O3/c1-3-19-13-17(15(12-21-2)16(19)20)5-7-18(8-6-17)10-14-4-9-22-11-14/h4,9,11,15H,3,5-8,10,12-13H2,1-2H3. The van der Waals surface area contributed by atoms with Gasteiger partial charge in [0.2, 0.25) is 5.91 Å². The van der Waals surface area contributed by atoms with Gasteiger partial charge in [0.25, 0.3) is 0 Å². The minimum Gasteiger partial charge on any atom is -0.472 e. The molecule has 2 saturated heterocycles. The predicted molar refractivity (Wildman–Crippen MR) is 83.3 cm³/mol. The SMILES string of the molecule is CCN1CC2(CCN(Cc3ccoc3)CC2)C(COC)C1=O. The molecule has 1 amide bonds. The molecule has 0 radical (unpaired) electrons. The number of carbonyl (C=O) groups is 1. The molecule has 0 aliphatic carbocycles. The lowest BCUT2D eigenvalue weighted by Gasteiger charge is -2.41. The lowest BCUT2D eigenvalue weighted by atomic mass is 9.71. The van der Waals surface area contributed by atoms with E-state index in [4.69, 9.17) is 9.15 Å². The molecule has 3 heterocycles. The minimum atomic E-state index is 0.0357. The summed E-state index contributed by atoms with van der Waals surface area (Å²) in [6, 6.07) is 2.02. The van der Waals surface area contributed by atoms with Crippen LogP contribution < -0.4 is 0 Å². The zero-order chi connectivity index (χ0) is 15.6. The molecule has 3 rings (SSSR count). The fraction of sp³-hybridized carbons (Fsp3) is 0.706. The summed E-state index contributed by atoms with van der Waals surface area (Å²) in [5.41, 5.74) is 1.33. The van der Waals surface area contributed by atoms with E-state index in [1.54, 1.807) is 13.4 Å². The average Bonchev–Trinajstić information content (AvgIpc) is 3.12. The average molecular weight is 306 g/mol. The highest BCUT2D eigenvalue weighted by Crippen LogP contribution is 2.45. The summed E-state index contributed by atoms with van der Waals surface area (Å²) >= 11 is 0. The largest absolute Gasteiger partial charge is 0.472 e. The lowest BCUT2D eigenvalue weighted by molar-refractivity contribution is -0.133. The number of ether oxygens (including phenoxy) is 1. The van der Waals surface area contributed by atoms with Gasteiger partial charge in [0.1, 0.15) is 0 Å². The number of piperidine rings is 1. The number of methoxy groups -OCH3 is 1. The highest BCUT2D eigenvalue weighted by atomic mass is 16.5. The molecule has 5 heteroatoms. The quantitative estimate of drug-likeness (QED) is 0.834. The van der Waals surface area contributed by atoms with Gasteiger partial charge in [-0.25, -0.2) is 0 Å². The van der Waals surface area contributed by atoms with Gasteiger partial charge in [-0.05, 0) is 38.9 Å². The fourth-order valence-electron chi connectivity index (χ4n) is 4.04. The Morgan fingerprint density at radius 2 is 2.18 bits per heavy atom. The van der Waals surface area contributed by atoms with Gasteiger partial charge in [-0.1, -0.05) is 0 Å². The number of rotatable bonds is 5. The molecule has 1 spiro atoms. The van der Waals surface area contributed by atoms with Crippen LogP contribution in [0.5, 0.6) is 0 Å². The molecule has 0 N–H and O–H groups in total. The molecule has 0 bridgehead atoms. The van der Waals surface area contributed by atoms with Crippen LogP contribution in [0.25, 0.3) is 0 Å². The molecule has 2 aliphatic heterocycles. The van der Waals surface area contributed by atoms with Gasteiger partial charge in [-0.15, -0.1) is 0 Å². The maximum atomic E-state index is 12.6. The number of hydrogen-bond acceptors (Lipinski definition) is 4. The van der Waals surface area contributed by atoms with E-state index in [1.807, 2.05) is 17.2 Å². The molecule has 0 saturated carbocycles. The maximum Gasteiger partial charge on any atom is 0.228 e. The van der Waals surface area contributed by atoms with Crippen LogP contribution in [0, 0.1) is 11.3 Å². The molecule has 5 nitrogen and oxygen atoms in total. The fourth-order valence-corrected chi connectivity index (χ4v) is 4.04. The van der Waals surface area contributed by atoms with E-state index in [0.29, 0.717) is 6.61 Å². The third-order valence-electron chi connectivity index (χ3n) is 5.41. The first-order valence-electron chi connectivity index (χ1n) is 8.19. The van der Waals surface area contributed by atoms with E-state index in [2.05, 4.69) is 11.8 Å². The third-order valence-corrected chi connectivity index (χ3v) is 5.41. The van der Waals surface area contributed by atoms with Crippen molar-refractivity contribution < 1.29 is 13.9 Å². The zero-order valence-corrected chi connectivity index (χ0v) is 13.6. The second-order valence-corrected chi connectivity index (χ2v) is 6.63. The van der Waals surface area contributed by atoms with Gasteiger partial charge in [0, 0.05) is 37.7 Å². The molecular formula is C17H26N2O3. The molecule has 1 atom stereocenters. The van der Waals surface area contributed by atoms with Crippen molar-refractivity contribution in [1.82, 2.24) is 9.80 Å². The Morgan fingerprint density at radius 1 is 1.41 bits per heavy atom. The van der Waals surface area contributed by atoms with Crippen LogP contribution in [0.15, 0.2) is 23.0 Å². The van der Waals surface area contributed by atoms with Gasteiger partial charge in [0.15, 0.2) is 0 Å². The van der Waals surface area contributed by atoms with E-state index >= 15 is 0 Å². The first kappa shape index (κ1) is 15.6. The molecule has 1 aromatic heterocycles.